The molecule has 4 heteroatoms. The van der Waals surface area contributed by atoms with Gasteiger partial charge in [-0.05, 0) is 36.5 Å². The molecule has 4 nitrogen and oxygen atoms in total. The summed E-state index contributed by atoms with van der Waals surface area (Å²) in [4.78, 5) is 24.2. The zero-order valence-electron chi connectivity index (χ0n) is 14.3. The molecule has 0 spiro atoms. The number of hydrogen-bond donors (Lipinski definition) is 1. The van der Waals surface area contributed by atoms with Crippen LogP contribution in [-0.4, -0.2) is 11.1 Å². The van der Waals surface area contributed by atoms with E-state index >= 15 is 0 Å². The molecule has 1 heterocycles. The molecule has 0 saturated carbocycles. The summed E-state index contributed by atoms with van der Waals surface area (Å²) >= 11 is 0. The van der Waals surface area contributed by atoms with Crippen molar-refractivity contribution in [2.24, 2.45) is 5.92 Å². The maximum Gasteiger partial charge on any atom is 0.304 e. The fraction of sp³-hybridized carbons (Fsp3) is 0.400. The Labute approximate surface area is 140 Å². The first-order chi connectivity index (χ1) is 11.4. The van der Waals surface area contributed by atoms with Crippen LogP contribution in [0, 0.1) is 12.8 Å². The molecule has 24 heavy (non-hydrogen) atoms. The molecule has 0 radical (unpaired) electrons. The number of carboxylic acids is 1. The van der Waals surface area contributed by atoms with Gasteiger partial charge in [0.05, 0.1) is 17.4 Å². The molecular weight excluding hydrogens is 304 g/mol. The van der Waals surface area contributed by atoms with E-state index in [2.05, 4.69) is 6.92 Å². The number of rotatable bonds is 4. The number of carbonyl (C=O) groups is 1. The van der Waals surface area contributed by atoms with Gasteiger partial charge in [-0.25, -0.2) is 0 Å². The molecular formula is C20H22O4. The normalized spacial score (nSPS) is 19.5. The molecule has 3 rings (SSSR count). The van der Waals surface area contributed by atoms with Crippen LogP contribution in [0.2, 0.25) is 0 Å². The van der Waals surface area contributed by atoms with Crippen LogP contribution in [0.5, 0.6) is 0 Å². The van der Waals surface area contributed by atoms with E-state index in [-0.39, 0.29) is 23.7 Å². The van der Waals surface area contributed by atoms with E-state index in [1.807, 2.05) is 32.1 Å². The van der Waals surface area contributed by atoms with Crippen molar-refractivity contribution in [1.82, 2.24) is 0 Å². The lowest BCUT2D eigenvalue weighted by Gasteiger charge is -2.25. The maximum absolute atomic E-state index is 12.9. The number of aliphatic carboxylic acids is 1. The van der Waals surface area contributed by atoms with Gasteiger partial charge >= 0.3 is 5.97 Å². The summed E-state index contributed by atoms with van der Waals surface area (Å²) < 4.78 is 6.20. The summed E-state index contributed by atoms with van der Waals surface area (Å²) in [6, 6.07) is 3.77. The summed E-state index contributed by atoms with van der Waals surface area (Å²) in [5, 5.41) is 9.81. The van der Waals surface area contributed by atoms with Crippen molar-refractivity contribution < 1.29 is 14.3 Å². The average Bonchev–Trinajstić information content (AvgIpc) is 2.53. The Kier molecular flexibility index (Phi) is 4.31. The number of allylic oxidation sites excluding steroid dienone is 1. The highest BCUT2D eigenvalue weighted by molar-refractivity contribution is 5.84. The fourth-order valence-corrected chi connectivity index (χ4v) is 3.53. The number of carboxylic acid groups (broad SMARTS) is 1. The van der Waals surface area contributed by atoms with Crippen LogP contribution in [0.4, 0.5) is 0 Å². The molecule has 0 fully saturated rings. The third-order valence-corrected chi connectivity index (χ3v) is 4.89. The molecule has 0 saturated heterocycles. The van der Waals surface area contributed by atoms with Crippen molar-refractivity contribution in [1.29, 1.82) is 0 Å². The minimum absolute atomic E-state index is 0.0219. The topological polar surface area (TPSA) is 67.5 Å². The Morgan fingerprint density at radius 3 is 2.75 bits per heavy atom. The standard InChI is InChI=1S/C20H22O4/c1-4-5-13-11(2)6-8-14-18(23)15-9-7-12(3)16(10-17(21)22)20(15)24-19(13)14/h6-9,12,16H,4-5,10H2,1-3H3,(H,21,22). The quantitative estimate of drug-likeness (QED) is 0.911. The minimum atomic E-state index is -0.881. The highest BCUT2D eigenvalue weighted by Gasteiger charge is 2.30. The third kappa shape index (κ3) is 2.66. The third-order valence-electron chi connectivity index (χ3n) is 4.89. The molecule has 126 valence electrons. The van der Waals surface area contributed by atoms with E-state index in [0.717, 1.165) is 24.0 Å². The molecule has 1 N–H and O–H groups in total. The Hall–Kier alpha value is -2.36. The van der Waals surface area contributed by atoms with Gasteiger partial charge in [-0.1, -0.05) is 38.5 Å². The average molecular weight is 326 g/mol. The van der Waals surface area contributed by atoms with E-state index in [1.165, 1.54) is 0 Å². The van der Waals surface area contributed by atoms with Crippen LogP contribution in [0.25, 0.3) is 17.0 Å². The summed E-state index contributed by atoms with van der Waals surface area (Å²) in [5.41, 5.74) is 3.20. The lowest BCUT2D eigenvalue weighted by Crippen LogP contribution is -2.21. The lowest BCUT2D eigenvalue weighted by molar-refractivity contribution is -0.137. The molecule has 2 aromatic rings. The van der Waals surface area contributed by atoms with Crippen LogP contribution in [0.3, 0.4) is 0 Å². The number of fused-ring (bicyclic) bond motifs is 2. The van der Waals surface area contributed by atoms with Crippen molar-refractivity contribution in [3.8, 4) is 0 Å². The number of aryl methyl sites for hydroxylation is 2. The first-order valence-corrected chi connectivity index (χ1v) is 8.43. The summed E-state index contributed by atoms with van der Waals surface area (Å²) in [5.74, 6) is -0.648. The first kappa shape index (κ1) is 16.5. The Morgan fingerprint density at radius 2 is 2.08 bits per heavy atom. The van der Waals surface area contributed by atoms with Crippen LogP contribution in [0.1, 0.15) is 55.1 Å². The molecule has 1 aliphatic rings. The Balaban J connectivity index is 2.32. The van der Waals surface area contributed by atoms with Crippen LogP contribution < -0.4 is 5.43 Å². The highest BCUT2D eigenvalue weighted by atomic mass is 16.4. The van der Waals surface area contributed by atoms with Gasteiger partial charge in [-0.3, -0.25) is 9.59 Å². The zero-order valence-corrected chi connectivity index (χ0v) is 14.3. The molecule has 0 aliphatic heterocycles. The first-order valence-electron chi connectivity index (χ1n) is 8.43. The monoisotopic (exact) mass is 326 g/mol. The number of benzene rings is 1. The van der Waals surface area contributed by atoms with Crippen LogP contribution >= 0.6 is 0 Å². The second-order valence-corrected chi connectivity index (χ2v) is 6.62. The molecule has 2 unspecified atom stereocenters. The van der Waals surface area contributed by atoms with Crippen molar-refractivity contribution in [2.45, 2.75) is 46.0 Å². The van der Waals surface area contributed by atoms with Crippen molar-refractivity contribution in [3.63, 3.8) is 0 Å². The molecule has 1 aliphatic carbocycles. The van der Waals surface area contributed by atoms with Gasteiger partial charge in [0.1, 0.15) is 11.3 Å². The van der Waals surface area contributed by atoms with Gasteiger partial charge in [-0.2, -0.15) is 0 Å². The molecule has 0 bridgehead atoms. The van der Waals surface area contributed by atoms with E-state index in [1.54, 1.807) is 6.08 Å². The second kappa shape index (κ2) is 6.27. The van der Waals surface area contributed by atoms with Gasteiger partial charge in [0.2, 0.25) is 0 Å². The molecule has 1 aromatic heterocycles. The predicted octanol–water partition coefficient (Wildman–Crippen LogP) is 4.28. The zero-order chi connectivity index (χ0) is 17.4. The minimum Gasteiger partial charge on any atom is -0.481 e. The summed E-state index contributed by atoms with van der Waals surface area (Å²) in [6.07, 6.45) is 5.43. The Morgan fingerprint density at radius 1 is 1.33 bits per heavy atom. The highest BCUT2D eigenvalue weighted by Crippen LogP contribution is 2.37. The SMILES string of the molecule is CCCc1c(C)ccc2c(=O)c3c(oc12)C(CC(=O)O)C(C)C=C3. The van der Waals surface area contributed by atoms with Gasteiger partial charge in [0, 0.05) is 5.92 Å². The van der Waals surface area contributed by atoms with Crippen LogP contribution in [-0.2, 0) is 11.2 Å². The smallest absolute Gasteiger partial charge is 0.304 e. The van der Waals surface area contributed by atoms with E-state index in [0.29, 0.717) is 22.3 Å². The second-order valence-electron chi connectivity index (χ2n) is 6.62. The largest absolute Gasteiger partial charge is 0.481 e. The molecule has 0 amide bonds. The number of hydrogen-bond acceptors (Lipinski definition) is 3. The fourth-order valence-electron chi connectivity index (χ4n) is 3.53. The lowest BCUT2D eigenvalue weighted by atomic mass is 9.82. The molecule has 1 aromatic carbocycles. The van der Waals surface area contributed by atoms with E-state index in [4.69, 9.17) is 4.42 Å². The van der Waals surface area contributed by atoms with E-state index < -0.39 is 5.97 Å². The van der Waals surface area contributed by atoms with Crippen LogP contribution in [0.15, 0.2) is 27.4 Å². The van der Waals surface area contributed by atoms with Crippen molar-refractivity contribution in [3.05, 3.63) is 50.9 Å². The molecule has 2 atom stereocenters. The van der Waals surface area contributed by atoms with Gasteiger partial charge in [0.15, 0.2) is 5.43 Å². The van der Waals surface area contributed by atoms with Gasteiger partial charge < -0.3 is 9.52 Å². The maximum atomic E-state index is 12.9. The predicted molar refractivity (Wildman–Crippen MR) is 94.4 cm³/mol. The van der Waals surface area contributed by atoms with Crippen molar-refractivity contribution >= 4 is 23.0 Å². The summed E-state index contributed by atoms with van der Waals surface area (Å²) in [6.45, 7) is 6.06. The van der Waals surface area contributed by atoms with E-state index in [9.17, 15) is 14.7 Å². The summed E-state index contributed by atoms with van der Waals surface area (Å²) in [7, 11) is 0. The van der Waals surface area contributed by atoms with Gasteiger partial charge in [-0.15, -0.1) is 0 Å². The van der Waals surface area contributed by atoms with Crippen molar-refractivity contribution in [2.75, 3.05) is 0 Å². The van der Waals surface area contributed by atoms with Gasteiger partial charge in [0.25, 0.3) is 0 Å². The Bertz CT molecular complexity index is 889.